The molecule has 0 atom stereocenters. The van der Waals surface area contributed by atoms with Crippen LogP contribution < -0.4 is 0 Å². The van der Waals surface area contributed by atoms with E-state index in [-0.39, 0.29) is 5.41 Å². The third kappa shape index (κ3) is 2.07. The van der Waals surface area contributed by atoms with Gasteiger partial charge in [-0.1, -0.05) is 37.1 Å². The monoisotopic (exact) mass is 254 g/mol. The summed E-state index contributed by atoms with van der Waals surface area (Å²) in [5, 5.41) is 18.9. The van der Waals surface area contributed by atoms with Gasteiger partial charge in [0.15, 0.2) is 0 Å². The largest absolute Gasteiger partial charge is 0.508 e. The van der Waals surface area contributed by atoms with Crippen molar-refractivity contribution in [2.45, 2.75) is 31.1 Å². The Kier molecular flexibility index (Phi) is 2.94. The van der Waals surface area contributed by atoms with Crippen LogP contribution in [0.5, 0.6) is 11.5 Å². The van der Waals surface area contributed by atoms with Gasteiger partial charge < -0.3 is 10.2 Å². The van der Waals surface area contributed by atoms with Gasteiger partial charge in [-0.3, -0.25) is 0 Å². The number of aromatic hydroxyl groups is 2. The summed E-state index contributed by atoms with van der Waals surface area (Å²) in [5.41, 5.74) is 2.56. The quantitative estimate of drug-likeness (QED) is 0.851. The molecule has 0 aromatic heterocycles. The molecule has 0 heterocycles. The SMILES string of the molecule is Oc1ccc(C2(c3ccc(O)cc3)CCCC2)cc1. The van der Waals surface area contributed by atoms with Gasteiger partial charge in [0.2, 0.25) is 0 Å². The summed E-state index contributed by atoms with van der Waals surface area (Å²) in [6.45, 7) is 0. The minimum atomic E-state index is 0.0431. The molecule has 98 valence electrons. The highest BCUT2D eigenvalue weighted by atomic mass is 16.3. The lowest BCUT2D eigenvalue weighted by Crippen LogP contribution is -2.23. The number of benzene rings is 2. The molecule has 0 saturated heterocycles. The molecule has 1 aliphatic rings. The Hall–Kier alpha value is -1.96. The molecule has 1 fully saturated rings. The average Bonchev–Trinajstić information content (AvgIpc) is 2.91. The molecule has 2 aromatic rings. The summed E-state index contributed by atoms with van der Waals surface area (Å²) in [7, 11) is 0. The van der Waals surface area contributed by atoms with Crippen molar-refractivity contribution in [2.24, 2.45) is 0 Å². The van der Waals surface area contributed by atoms with Gasteiger partial charge in [0.05, 0.1) is 0 Å². The van der Waals surface area contributed by atoms with Crippen LogP contribution in [0.2, 0.25) is 0 Å². The van der Waals surface area contributed by atoms with Crippen LogP contribution in [0.25, 0.3) is 0 Å². The van der Waals surface area contributed by atoms with Crippen molar-refractivity contribution in [1.29, 1.82) is 0 Å². The van der Waals surface area contributed by atoms with E-state index in [1.807, 2.05) is 24.3 Å². The molecule has 3 rings (SSSR count). The maximum absolute atomic E-state index is 9.46. The van der Waals surface area contributed by atoms with Crippen LogP contribution in [0.4, 0.5) is 0 Å². The second-order valence-electron chi connectivity index (χ2n) is 5.38. The summed E-state index contributed by atoms with van der Waals surface area (Å²) in [6, 6.07) is 15.1. The van der Waals surface area contributed by atoms with Gasteiger partial charge in [-0.25, -0.2) is 0 Å². The molecule has 0 spiro atoms. The Bertz CT molecular complexity index is 501. The van der Waals surface area contributed by atoms with E-state index in [4.69, 9.17) is 0 Å². The standard InChI is InChI=1S/C17H18O2/c18-15-7-3-13(4-8-15)17(11-1-2-12-17)14-5-9-16(19)10-6-14/h3-10,18-19H,1-2,11-12H2. The van der Waals surface area contributed by atoms with Gasteiger partial charge in [0, 0.05) is 5.41 Å². The first-order chi connectivity index (χ1) is 9.21. The zero-order chi connectivity index (χ0) is 13.3. The van der Waals surface area contributed by atoms with E-state index in [1.165, 1.54) is 24.0 Å². The van der Waals surface area contributed by atoms with Crippen LogP contribution in [0.15, 0.2) is 48.5 Å². The lowest BCUT2D eigenvalue weighted by Gasteiger charge is -2.30. The Labute approximate surface area is 113 Å². The predicted molar refractivity (Wildman–Crippen MR) is 75.5 cm³/mol. The molecular weight excluding hydrogens is 236 g/mol. The summed E-state index contributed by atoms with van der Waals surface area (Å²) >= 11 is 0. The molecule has 0 radical (unpaired) electrons. The van der Waals surface area contributed by atoms with Crippen LogP contribution in [-0.2, 0) is 5.41 Å². The number of hydrogen-bond acceptors (Lipinski definition) is 2. The van der Waals surface area contributed by atoms with Gasteiger partial charge in [-0.2, -0.15) is 0 Å². The second-order valence-corrected chi connectivity index (χ2v) is 5.38. The fourth-order valence-corrected chi connectivity index (χ4v) is 3.28. The highest BCUT2D eigenvalue weighted by Gasteiger charge is 2.37. The fraction of sp³-hybridized carbons (Fsp3) is 0.294. The van der Waals surface area contributed by atoms with Crippen molar-refractivity contribution in [3.8, 4) is 11.5 Å². The number of rotatable bonds is 2. The Morgan fingerprint density at radius 1 is 0.632 bits per heavy atom. The zero-order valence-electron chi connectivity index (χ0n) is 10.8. The smallest absolute Gasteiger partial charge is 0.115 e. The van der Waals surface area contributed by atoms with Crippen LogP contribution in [0.3, 0.4) is 0 Å². The van der Waals surface area contributed by atoms with Gasteiger partial charge in [0.1, 0.15) is 11.5 Å². The Morgan fingerprint density at radius 3 is 1.37 bits per heavy atom. The highest BCUT2D eigenvalue weighted by molar-refractivity contribution is 5.43. The molecule has 1 saturated carbocycles. The van der Waals surface area contributed by atoms with E-state index in [1.54, 1.807) is 24.3 Å². The predicted octanol–water partition coefficient (Wildman–Crippen LogP) is 3.96. The molecule has 2 aromatic carbocycles. The van der Waals surface area contributed by atoms with E-state index >= 15 is 0 Å². The number of hydrogen-bond donors (Lipinski definition) is 2. The molecule has 2 nitrogen and oxygen atoms in total. The molecule has 2 N–H and O–H groups in total. The maximum Gasteiger partial charge on any atom is 0.115 e. The van der Waals surface area contributed by atoms with Gasteiger partial charge in [-0.05, 0) is 48.2 Å². The van der Waals surface area contributed by atoms with Gasteiger partial charge in [-0.15, -0.1) is 0 Å². The van der Waals surface area contributed by atoms with Crippen LogP contribution >= 0.6 is 0 Å². The molecule has 0 bridgehead atoms. The fourth-order valence-electron chi connectivity index (χ4n) is 3.28. The van der Waals surface area contributed by atoms with Crippen molar-refractivity contribution in [2.75, 3.05) is 0 Å². The van der Waals surface area contributed by atoms with Crippen molar-refractivity contribution in [3.63, 3.8) is 0 Å². The van der Waals surface area contributed by atoms with E-state index in [0.29, 0.717) is 11.5 Å². The number of phenolic OH excluding ortho intramolecular Hbond substituents is 2. The zero-order valence-corrected chi connectivity index (χ0v) is 10.8. The lowest BCUT2D eigenvalue weighted by atomic mass is 9.73. The molecule has 0 unspecified atom stereocenters. The minimum absolute atomic E-state index is 0.0431. The van der Waals surface area contributed by atoms with Crippen LogP contribution in [-0.4, -0.2) is 10.2 Å². The van der Waals surface area contributed by atoms with Crippen molar-refractivity contribution in [3.05, 3.63) is 59.7 Å². The van der Waals surface area contributed by atoms with Gasteiger partial charge >= 0.3 is 0 Å². The first kappa shape index (κ1) is 12.1. The lowest BCUT2D eigenvalue weighted by molar-refractivity contribution is 0.471. The summed E-state index contributed by atoms with van der Waals surface area (Å²) in [5.74, 6) is 0.616. The summed E-state index contributed by atoms with van der Waals surface area (Å²) in [4.78, 5) is 0. The third-order valence-corrected chi connectivity index (χ3v) is 4.30. The molecular formula is C17H18O2. The van der Waals surface area contributed by atoms with E-state index < -0.39 is 0 Å². The minimum Gasteiger partial charge on any atom is -0.508 e. The van der Waals surface area contributed by atoms with Gasteiger partial charge in [0.25, 0.3) is 0 Å². The summed E-state index contributed by atoms with van der Waals surface area (Å²) in [6.07, 6.45) is 4.70. The molecule has 19 heavy (non-hydrogen) atoms. The second kappa shape index (κ2) is 4.61. The molecule has 2 heteroatoms. The third-order valence-electron chi connectivity index (χ3n) is 4.30. The first-order valence-electron chi connectivity index (χ1n) is 6.80. The number of phenols is 2. The first-order valence-corrected chi connectivity index (χ1v) is 6.80. The van der Waals surface area contributed by atoms with Crippen LogP contribution in [0.1, 0.15) is 36.8 Å². The van der Waals surface area contributed by atoms with E-state index in [2.05, 4.69) is 0 Å². The molecule has 0 aliphatic heterocycles. The van der Waals surface area contributed by atoms with E-state index in [0.717, 1.165) is 12.8 Å². The van der Waals surface area contributed by atoms with E-state index in [9.17, 15) is 10.2 Å². The highest BCUT2D eigenvalue weighted by Crippen LogP contribution is 2.46. The van der Waals surface area contributed by atoms with Crippen molar-refractivity contribution in [1.82, 2.24) is 0 Å². The molecule has 0 amide bonds. The van der Waals surface area contributed by atoms with Crippen molar-refractivity contribution < 1.29 is 10.2 Å². The van der Waals surface area contributed by atoms with Crippen LogP contribution in [0, 0.1) is 0 Å². The average molecular weight is 254 g/mol. The Balaban J connectivity index is 2.08. The maximum atomic E-state index is 9.46. The molecule has 1 aliphatic carbocycles. The topological polar surface area (TPSA) is 40.5 Å². The Morgan fingerprint density at radius 2 is 1.00 bits per heavy atom. The summed E-state index contributed by atoms with van der Waals surface area (Å²) < 4.78 is 0. The van der Waals surface area contributed by atoms with Crippen molar-refractivity contribution >= 4 is 0 Å². The normalized spacial score (nSPS) is 17.5.